The lowest BCUT2D eigenvalue weighted by Gasteiger charge is -2.20. The average molecular weight is 414 g/mol. The van der Waals surface area contributed by atoms with Crippen LogP contribution in [0.3, 0.4) is 0 Å². The Labute approximate surface area is 144 Å². The number of halogens is 2. The first-order valence-electron chi connectivity index (χ1n) is 6.84. The van der Waals surface area contributed by atoms with E-state index < -0.39 is 0 Å². The van der Waals surface area contributed by atoms with E-state index in [4.69, 9.17) is 11.6 Å². The molecule has 0 atom stereocenters. The van der Waals surface area contributed by atoms with Gasteiger partial charge in [-0.2, -0.15) is 0 Å². The zero-order valence-electron chi connectivity index (χ0n) is 11.9. The number of ketones is 1. The lowest BCUT2D eigenvalue weighted by Crippen LogP contribution is -2.29. The van der Waals surface area contributed by atoms with Crippen LogP contribution < -0.4 is 0 Å². The number of hydrogen-bond acceptors (Lipinski definition) is 2. The molecule has 0 radical (unpaired) electrons. The van der Waals surface area contributed by atoms with E-state index in [1.165, 1.54) is 9.13 Å². The number of carbonyl (C=O) groups is 1. The minimum Gasteiger partial charge on any atom is -0.293 e. The van der Waals surface area contributed by atoms with Crippen molar-refractivity contribution in [3.05, 3.63) is 68.3 Å². The van der Waals surface area contributed by atoms with Crippen LogP contribution in [0, 0.1) is 3.57 Å². The molecule has 0 aliphatic carbocycles. The van der Waals surface area contributed by atoms with Gasteiger partial charge in [-0.3, -0.25) is 9.69 Å². The molecule has 0 aliphatic rings. The third-order valence-corrected chi connectivity index (χ3v) is 4.64. The van der Waals surface area contributed by atoms with Crippen LogP contribution in [0.2, 0.25) is 5.02 Å². The van der Waals surface area contributed by atoms with Crippen LogP contribution >= 0.6 is 34.2 Å². The molecule has 0 unspecified atom stereocenters. The summed E-state index contributed by atoms with van der Waals surface area (Å²) < 4.78 is 1.23. The van der Waals surface area contributed by atoms with Crippen molar-refractivity contribution >= 4 is 40.0 Å². The van der Waals surface area contributed by atoms with Crippen molar-refractivity contribution in [2.24, 2.45) is 0 Å². The zero-order valence-corrected chi connectivity index (χ0v) is 14.8. The van der Waals surface area contributed by atoms with Crippen LogP contribution in [0.5, 0.6) is 0 Å². The Morgan fingerprint density at radius 3 is 2.43 bits per heavy atom. The fourth-order valence-electron chi connectivity index (χ4n) is 2.08. The van der Waals surface area contributed by atoms with Crippen LogP contribution in [0.4, 0.5) is 0 Å². The number of rotatable bonds is 6. The maximum Gasteiger partial charge on any atom is 0.176 e. The number of likely N-dealkylation sites (N-methyl/N-ethyl adjacent to an activating group) is 1. The molecule has 0 heterocycles. The lowest BCUT2D eigenvalue weighted by molar-refractivity contribution is 0.0929. The maximum atomic E-state index is 12.3. The maximum absolute atomic E-state index is 12.3. The first kappa shape index (κ1) is 16.5. The predicted molar refractivity (Wildman–Crippen MR) is 95.9 cm³/mol. The Bertz CT molecular complexity index is 612. The van der Waals surface area contributed by atoms with Crippen molar-refractivity contribution in [1.29, 1.82) is 0 Å². The fourth-order valence-corrected chi connectivity index (χ4v) is 2.76. The molecule has 0 spiro atoms. The average Bonchev–Trinajstić information content (AvgIpc) is 2.49. The zero-order chi connectivity index (χ0) is 15.2. The normalized spacial score (nSPS) is 10.9. The van der Waals surface area contributed by atoms with Crippen molar-refractivity contribution in [2.75, 3.05) is 13.1 Å². The number of Topliss-reactive ketones (excluding diaryl/α,β-unsaturated/α-hetero) is 1. The molecule has 0 saturated heterocycles. The van der Waals surface area contributed by atoms with Gasteiger partial charge in [-0.25, -0.2) is 0 Å². The lowest BCUT2D eigenvalue weighted by atomic mass is 10.1. The molecule has 2 rings (SSSR count). The van der Waals surface area contributed by atoms with Crippen molar-refractivity contribution in [3.8, 4) is 0 Å². The molecule has 0 amide bonds. The van der Waals surface area contributed by atoms with Crippen LogP contribution in [0.1, 0.15) is 22.8 Å². The van der Waals surface area contributed by atoms with Crippen LogP contribution in [0.15, 0.2) is 48.5 Å². The standard InChI is InChI=1S/C17H17ClINO/c1-2-20(11-14-5-3-4-6-16(14)19)12-17(21)13-7-9-15(18)10-8-13/h3-10H,2,11-12H2,1H3. The third kappa shape index (κ3) is 4.80. The summed E-state index contributed by atoms with van der Waals surface area (Å²) in [5, 5.41) is 0.651. The van der Waals surface area contributed by atoms with Gasteiger partial charge in [0.15, 0.2) is 5.78 Å². The summed E-state index contributed by atoms with van der Waals surface area (Å²) in [6.45, 7) is 4.12. The molecule has 0 fully saturated rings. The van der Waals surface area contributed by atoms with Gasteiger partial charge in [0.2, 0.25) is 0 Å². The van der Waals surface area contributed by atoms with Gasteiger partial charge in [0, 0.05) is 20.7 Å². The second kappa shape index (κ2) is 7.92. The Morgan fingerprint density at radius 2 is 1.81 bits per heavy atom. The summed E-state index contributed by atoms with van der Waals surface area (Å²) in [4.78, 5) is 14.5. The topological polar surface area (TPSA) is 20.3 Å². The number of benzene rings is 2. The highest BCUT2D eigenvalue weighted by molar-refractivity contribution is 14.1. The molecule has 0 aliphatic heterocycles. The molecule has 4 heteroatoms. The van der Waals surface area contributed by atoms with Crippen molar-refractivity contribution < 1.29 is 4.79 Å². The van der Waals surface area contributed by atoms with Crippen LogP contribution in [-0.4, -0.2) is 23.8 Å². The molecular formula is C17H17ClINO. The second-order valence-electron chi connectivity index (χ2n) is 4.82. The number of hydrogen-bond donors (Lipinski definition) is 0. The van der Waals surface area contributed by atoms with E-state index in [2.05, 4.69) is 46.5 Å². The van der Waals surface area contributed by atoms with E-state index in [0.29, 0.717) is 17.1 Å². The van der Waals surface area contributed by atoms with Gasteiger partial charge in [0.05, 0.1) is 6.54 Å². The Hall–Kier alpha value is -0.910. The molecular weight excluding hydrogens is 397 g/mol. The summed E-state index contributed by atoms with van der Waals surface area (Å²) in [5.74, 6) is 0.124. The summed E-state index contributed by atoms with van der Waals surface area (Å²) in [5.41, 5.74) is 1.96. The van der Waals surface area contributed by atoms with Gasteiger partial charge in [0.1, 0.15) is 0 Å². The molecule has 0 aromatic heterocycles. The molecule has 21 heavy (non-hydrogen) atoms. The van der Waals surface area contributed by atoms with E-state index in [9.17, 15) is 4.79 Å². The van der Waals surface area contributed by atoms with Gasteiger partial charge < -0.3 is 0 Å². The molecule has 0 saturated carbocycles. The minimum atomic E-state index is 0.124. The van der Waals surface area contributed by atoms with E-state index in [1.807, 2.05) is 12.1 Å². The Morgan fingerprint density at radius 1 is 1.14 bits per heavy atom. The monoisotopic (exact) mass is 413 g/mol. The van der Waals surface area contributed by atoms with E-state index in [1.54, 1.807) is 24.3 Å². The quantitative estimate of drug-likeness (QED) is 0.507. The van der Waals surface area contributed by atoms with Gasteiger partial charge in [-0.1, -0.05) is 36.7 Å². The van der Waals surface area contributed by atoms with E-state index in [0.717, 1.165) is 13.1 Å². The predicted octanol–water partition coefficient (Wildman–Crippen LogP) is 4.65. The van der Waals surface area contributed by atoms with Gasteiger partial charge in [-0.15, -0.1) is 0 Å². The molecule has 2 aromatic rings. The van der Waals surface area contributed by atoms with E-state index >= 15 is 0 Å². The fraction of sp³-hybridized carbons (Fsp3) is 0.235. The summed E-state index contributed by atoms with van der Waals surface area (Å²) in [7, 11) is 0. The van der Waals surface area contributed by atoms with Crippen molar-refractivity contribution in [3.63, 3.8) is 0 Å². The van der Waals surface area contributed by atoms with Gasteiger partial charge in [-0.05, 0) is 65.0 Å². The smallest absolute Gasteiger partial charge is 0.176 e. The first-order valence-corrected chi connectivity index (χ1v) is 8.30. The Kier molecular flexibility index (Phi) is 6.21. The summed E-state index contributed by atoms with van der Waals surface area (Å²) >= 11 is 8.18. The number of nitrogens with zero attached hydrogens (tertiary/aromatic N) is 1. The minimum absolute atomic E-state index is 0.124. The van der Waals surface area contributed by atoms with Gasteiger partial charge >= 0.3 is 0 Å². The SMILES string of the molecule is CCN(CC(=O)c1ccc(Cl)cc1)Cc1ccccc1I. The molecule has 110 valence electrons. The largest absolute Gasteiger partial charge is 0.293 e. The van der Waals surface area contributed by atoms with Crippen molar-refractivity contribution in [2.45, 2.75) is 13.5 Å². The number of carbonyl (C=O) groups excluding carboxylic acids is 1. The molecule has 0 N–H and O–H groups in total. The summed E-state index contributed by atoms with van der Waals surface area (Å²) in [6, 6.07) is 15.3. The molecule has 2 nitrogen and oxygen atoms in total. The van der Waals surface area contributed by atoms with Crippen LogP contribution in [-0.2, 0) is 6.54 Å². The third-order valence-electron chi connectivity index (χ3n) is 3.33. The highest BCUT2D eigenvalue weighted by Gasteiger charge is 2.12. The molecule has 2 aromatic carbocycles. The highest BCUT2D eigenvalue weighted by atomic mass is 127. The van der Waals surface area contributed by atoms with Crippen molar-refractivity contribution in [1.82, 2.24) is 4.90 Å². The Balaban J connectivity index is 2.03. The first-order chi connectivity index (χ1) is 10.1. The highest BCUT2D eigenvalue weighted by Crippen LogP contribution is 2.15. The van der Waals surface area contributed by atoms with Gasteiger partial charge in [0.25, 0.3) is 0 Å². The second-order valence-corrected chi connectivity index (χ2v) is 6.42. The molecule has 0 bridgehead atoms. The van der Waals surface area contributed by atoms with E-state index in [-0.39, 0.29) is 5.78 Å². The summed E-state index contributed by atoms with van der Waals surface area (Å²) in [6.07, 6.45) is 0. The van der Waals surface area contributed by atoms with Crippen LogP contribution in [0.25, 0.3) is 0 Å².